The first-order valence-corrected chi connectivity index (χ1v) is 9.40. The highest BCUT2D eigenvalue weighted by Crippen LogP contribution is 2.15. The maximum atomic E-state index is 12.2. The molecule has 122 valence electrons. The van der Waals surface area contributed by atoms with E-state index in [-0.39, 0.29) is 5.78 Å². The van der Waals surface area contributed by atoms with Crippen molar-refractivity contribution in [3.63, 3.8) is 0 Å². The number of nitrogens with one attached hydrogen (secondary N) is 1. The number of hydrogen-bond donors (Lipinski definition) is 1. The SMILES string of the molecule is C[C@@H](OC(=O)c1cccs1)C(=O)c1ccc(NS(C)(=O)=O)cc1. The van der Waals surface area contributed by atoms with Gasteiger partial charge in [0.05, 0.1) is 6.26 Å². The number of ether oxygens (including phenoxy) is 1. The zero-order valence-corrected chi connectivity index (χ0v) is 14.1. The molecule has 1 N–H and O–H groups in total. The van der Waals surface area contributed by atoms with E-state index in [9.17, 15) is 18.0 Å². The van der Waals surface area contributed by atoms with Gasteiger partial charge in [-0.3, -0.25) is 9.52 Å². The lowest BCUT2D eigenvalue weighted by Gasteiger charge is -2.12. The highest BCUT2D eigenvalue weighted by molar-refractivity contribution is 7.92. The predicted octanol–water partition coefficient (Wildman–Crippen LogP) is 2.55. The van der Waals surface area contributed by atoms with Crippen molar-refractivity contribution >= 4 is 38.8 Å². The number of thiophene rings is 1. The van der Waals surface area contributed by atoms with Gasteiger partial charge in [0.15, 0.2) is 6.10 Å². The molecule has 0 bridgehead atoms. The Balaban J connectivity index is 2.03. The van der Waals surface area contributed by atoms with Crippen LogP contribution in [0.2, 0.25) is 0 Å². The molecule has 0 spiro atoms. The number of benzene rings is 1. The maximum absolute atomic E-state index is 12.2. The zero-order valence-electron chi connectivity index (χ0n) is 12.5. The Morgan fingerprint density at radius 3 is 2.35 bits per heavy atom. The van der Waals surface area contributed by atoms with Gasteiger partial charge in [0.2, 0.25) is 15.8 Å². The topological polar surface area (TPSA) is 89.5 Å². The number of carbonyl (C=O) groups excluding carboxylic acids is 2. The fraction of sp³-hybridized carbons (Fsp3) is 0.200. The minimum Gasteiger partial charge on any atom is -0.450 e. The monoisotopic (exact) mass is 353 g/mol. The average Bonchev–Trinajstić information content (AvgIpc) is 3.00. The lowest BCUT2D eigenvalue weighted by atomic mass is 10.1. The Morgan fingerprint density at radius 2 is 1.83 bits per heavy atom. The predicted molar refractivity (Wildman–Crippen MR) is 88.4 cm³/mol. The molecule has 0 aliphatic rings. The molecular weight excluding hydrogens is 338 g/mol. The molecule has 1 heterocycles. The summed E-state index contributed by atoms with van der Waals surface area (Å²) < 4.78 is 29.7. The van der Waals surface area contributed by atoms with Gasteiger partial charge in [-0.1, -0.05) is 6.07 Å². The second kappa shape index (κ2) is 6.93. The molecule has 1 aromatic heterocycles. The number of hydrogen-bond acceptors (Lipinski definition) is 6. The van der Waals surface area contributed by atoms with Crippen molar-refractivity contribution in [1.82, 2.24) is 0 Å². The Kier molecular flexibility index (Phi) is 5.17. The summed E-state index contributed by atoms with van der Waals surface area (Å²) in [6.07, 6.45) is 0.108. The van der Waals surface area contributed by atoms with Crippen LogP contribution in [0.5, 0.6) is 0 Å². The zero-order chi connectivity index (χ0) is 17.0. The Morgan fingerprint density at radius 1 is 1.17 bits per heavy atom. The molecule has 0 unspecified atom stereocenters. The maximum Gasteiger partial charge on any atom is 0.349 e. The van der Waals surface area contributed by atoms with Crippen molar-refractivity contribution in [2.75, 3.05) is 11.0 Å². The number of ketones is 1. The van der Waals surface area contributed by atoms with E-state index < -0.39 is 22.1 Å². The normalized spacial score (nSPS) is 12.4. The summed E-state index contributed by atoms with van der Waals surface area (Å²) in [6.45, 7) is 1.50. The van der Waals surface area contributed by atoms with E-state index in [0.717, 1.165) is 6.26 Å². The van der Waals surface area contributed by atoms with E-state index >= 15 is 0 Å². The molecule has 0 saturated heterocycles. The molecule has 0 aliphatic heterocycles. The molecule has 1 aromatic carbocycles. The summed E-state index contributed by atoms with van der Waals surface area (Å²) >= 11 is 1.24. The van der Waals surface area contributed by atoms with Crippen molar-refractivity contribution in [1.29, 1.82) is 0 Å². The Hall–Kier alpha value is -2.19. The molecule has 1 atom stereocenters. The quantitative estimate of drug-likeness (QED) is 0.637. The summed E-state index contributed by atoms with van der Waals surface area (Å²) in [6, 6.07) is 9.25. The van der Waals surface area contributed by atoms with E-state index in [0.29, 0.717) is 16.1 Å². The van der Waals surface area contributed by atoms with Crippen molar-refractivity contribution in [2.45, 2.75) is 13.0 Å². The number of rotatable bonds is 6. The number of sulfonamides is 1. The summed E-state index contributed by atoms with van der Waals surface area (Å²) in [5, 5.41) is 1.75. The third-order valence-corrected chi connectivity index (χ3v) is 4.30. The molecular formula is C15H15NO5S2. The minimum absolute atomic E-state index is 0.329. The van der Waals surface area contributed by atoms with Crippen LogP contribution in [-0.4, -0.2) is 32.5 Å². The molecule has 0 aliphatic carbocycles. The molecule has 0 fully saturated rings. The van der Waals surface area contributed by atoms with Gasteiger partial charge >= 0.3 is 5.97 Å². The second-order valence-corrected chi connectivity index (χ2v) is 7.54. The fourth-order valence-corrected chi connectivity index (χ4v) is 2.99. The van der Waals surface area contributed by atoms with Gasteiger partial charge in [0.25, 0.3) is 0 Å². The van der Waals surface area contributed by atoms with Crippen LogP contribution < -0.4 is 4.72 Å². The van der Waals surface area contributed by atoms with Gasteiger partial charge in [-0.15, -0.1) is 11.3 Å². The smallest absolute Gasteiger partial charge is 0.349 e. The largest absolute Gasteiger partial charge is 0.450 e. The van der Waals surface area contributed by atoms with Crippen LogP contribution in [0.4, 0.5) is 5.69 Å². The molecule has 23 heavy (non-hydrogen) atoms. The molecule has 6 nitrogen and oxygen atoms in total. The van der Waals surface area contributed by atoms with Gasteiger partial charge in [-0.2, -0.15) is 0 Å². The van der Waals surface area contributed by atoms with Crippen LogP contribution in [0.25, 0.3) is 0 Å². The second-order valence-electron chi connectivity index (χ2n) is 4.84. The number of carbonyl (C=O) groups is 2. The Labute approximate surface area is 138 Å². The average molecular weight is 353 g/mol. The highest BCUT2D eigenvalue weighted by atomic mass is 32.2. The van der Waals surface area contributed by atoms with Crippen LogP contribution in [0.15, 0.2) is 41.8 Å². The van der Waals surface area contributed by atoms with E-state index in [4.69, 9.17) is 4.74 Å². The van der Waals surface area contributed by atoms with Crippen LogP contribution in [0, 0.1) is 0 Å². The molecule has 8 heteroatoms. The van der Waals surface area contributed by atoms with E-state index in [2.05, 4.69) is 4.72 Å². The Bertz CT molecular complexity index is 795. The first kappa shape index (κ1) is 17.2. The first-order valence-electron chi connectivity index (χ1n) is 6.63. The molecule has 2 rings (SSSR count). The van der Waals surface area contributed by atoms with Gasteiger partial charge in [-0.25, -0.2) is 13.2 Å². The lowest BCUT2D eigenvalue weighted by molar-refractivity contribution is 0.0323. The first-order chi connectivity index (χ1) is 10.8. The van der Waals surface area contributed by atoms with Crippen molar-refractivity contribution < 1.29 is 22.7 Å². The van der Waals surface area contributed by atoms with Gasteiger partial charge in [-0.05, 0) is 42.6 Å². The van der Waals surface area contributed by atoms with Gasteiger partial charge in [0.1, 0.15) is 4.88 Å². The third kappa shape index (κ3) is 4.90. The van der Waals surface area contributed by atoms with E-state index in [1.165, 1.54) is 42.5 Å². The van der Waals surface area contributed by atoms with Crippen molar-refractivity contribution in [3.8, 4) is 0 Å². The summed E-state index contributed by atoms with van der Waals surface area (Å²) in [4.78, 5) is 24.5. The van der Waals surface area contributed by atoms with Crippen LogP contribution in [-0.2, 0) is 14.8 Å². The fourth-order valence-electron chi connectivity index (χ4n) is 1.82. The summed E-state index contributed by atoms with van der Waals surface area (Å²) in [5.74, 6) is -0.906. The van der Waals surface area contributed by atoms with Crippen molar-refractivity contribution in [2.24, 2.45) is 0 Å². The third-order valence-electron chi connectivity index (χ3n) is 2.85. The molecule has 0 saturated carbocycles. The lowest BCUT2D eigenvalue weighted by Crippen LogP contribution is -2.24. The van der Waals surface area contributed by atoms with Gasteiger partial charge < -0.3 is 4.74 Å². The van der Waals surface area contributed by atoms with E-state index in [1.807, 2.05) is 0 Å². The standard InChI is InChI=1S/C15H15NO5S2/c1-10(21-15(18)13-4-3-9-22-13)14(17)11-5-7-12(8-6-11)16-23(2,19)20/h3-10,16H,1-2H3/t10-/m1/s1. The minimum atomic E-state index is -3.37. The number of esters is 1. The van der Waals surface area contributed by atoms with E-state index in [1.54, 1.807) is 17.5 Å². The highest BCUT2D eigenvalue weighted by Gasteiger charge is 2.20. The number of Topliss-reactive ketones (excluding diaryl/α,β-unsaturated/α-hetero) is 1. The molecule has 0 radical (unpaired) electrons. The van der Waals surface area contributed by atoms with Crippen LogP contribution in [0.1, 0.15) is 27.0 Å². The van der Waals surface area contributed by atoms with Gasteiger partial charge in [0, 0.05) is 11.3 Å². The molecule has 2 aromatic rings. The molecule has 0 amide bonds. The van der Waals surface area contributed by atoms with Crippen LogP contribution >= 0.6 is 11.3 Å². The van der Waals surface area contributed by atoms with Crippen molar-refractivity contribution in [3.05, 3.63) is 52.2 Å². The summed E-state index contributed by atoms with van der Waals surface area (Å²) in [5.41, 5.74) is 0.683. The van der Waals surface area contributed by atoms with Crippen LogP contribution in [0.3, 0.4) is 0 Å². The summed E-state index contributed by atoms with van der Waals surface area (Å²) in [7, 11) is -3.37. The number of anilines is 1.